The van der Waals surface area contributed by atoms with Gasteiger partial charge in [-0.05, 0) is 30.4 Å². The minimum atomic E-state index is 0.329. The van der Waals surface area contributed by atoms with Gasteiger partial charge in [-0.15, -0.1) is 0 Å². The van der Waals surface area contributed by atoms with E-state index in [2.05, 4.69) is 50.0 Å². The van der Waals surface area contributed by atoms with E-state index in [1.165, 1.54) is 12.0 Å². The Bertz CT molecular complexity index is 539. The highest BCUT2D eigenvalue weighted by Crippen LogP contribution is 2.29. The van der Waals surface area contributed by atoms with Gasteiger partial charge in [0.1, 0.15) is 5.75 Å². The number of nitrogens with one attached hydrogen (secondary N) is 1. The minimum absolute atomic E-state index is 0.329. The summed E-state index contributed by atoms with van der Waals surface area (Å²) in [6.45, 7) is 12.8. The predicted octanol–water partition coefficient (Wildman–Crippen LogP) is 3.50. The molecule has 0 aromatic heterocycles. The van der Waals surface area contributed by atoms with Gasteiger partial charge in [0.05, 0.1) is 7.11 Å². The number of hydrogen-bond donors (Lipinski definition) is 1. The highest BCUT2D eigenvalue weighted by molar-refractivity contribution is 5.80. The van der Waals surface area contributed by atoms with E-state index in [1.807, 2.05) is 12.1 Å². The van der Waals surface area contributed by atoms with E-state index >= 15 is 0 Å². The maximum absolute atomic E-state index is 5.47. The van der Waals surface area contributed by atoms with Crippen LogP contribution >= 0.6 is 0 Å². The van der Waals surface area contributed by atoms with Gasteiger partial charge in [0, 0.05) is 32.1 Å². The second-order valence-corrected chi connectivity index (χ2v) is 7.17. The summed E-state index contributed by atoms with van der Waals surface area (Å²) >= 11 is 0. The molecule has 0 radical (unpaired) electrons. The van der Waals surface area contributed by atoms with Crippen molar-refractivity contribution in [2.75, 3.05) is 33.3 Å². The highest BCUT2D eigenvalue weighted by Gasteiger charge is 2.30. The molecule has 23 heavy (non-hydrogen) atoms. The number of hydrogen-bond acceptors (Lipinski definition) is 2. The first-order chi connectivity index (χ1) is 11.0. The number of guanidine groups is 1. The van der Waals surface area contributed by atoms with Crippen molar-refractivity contribution in [3.8, 4) is 5.75 Å². The number of para-hydroxylation sites is 1. The third-order valence-corrected chi connectivity index (χ3v) is 4.50. The third kappa shape index (κ3) is 4.63. The van der Waals surface area contributed by atoms with Gasteiger partial charge in [-0.25, -0.2) is 0 Å². The number of benzene rings is 1. The molecule has 1 aromatic rings. The lowest BCUT2D eigenvalue weighted by molar-refractivity contribution is 0.370. The molecule has 4 nitrogen and oxygen atoms in total. The molecule has 0 saturated carbocycles. The van der Waals surface area contributed by atoms with E-state index in [1.54, 1.807) is 7.11 Å². The van der Waals surface area contributed by atoms with Gasteiger partial charge < -0.3 is 15.0 Å². The molecule has 1 N–H and O–H groups in total. The molecule has 1 aliphatic rings. The molecule has 2 rings (SSSR count). The summed E-state index contributed by atoms with van der Waals surface area (Å²) in [7, 11) is 1.73. The molecule has 0 amide bonds. The Hall–Kier alpha value is -1.71. The van der Waals surface area contributed by atoms with Crippen molar-refractivity contribution in [2.45, 2.75) is 40.0 Å². The van der Waals surface area contributed by atoms with Crippen LogP contribution in [-0.2, 0) is 0 Å². The van der Waals surface area contributed by atoms with Gasteiger partial charge in [0.15, 0.2) is 5.96 Å². The van der Waals surface area contributed by atoms with E-state index in [9.17, 15) is 0 Å². The molecule has 1 unspecified atom stereocenters. The number of rotatable bonds is 5. The van der Waals surface area contributed by atoms with Crippen LogP contribution in [-0.4, -0.2) is 44.1 Å². The van der Waals surface area contributed by atoms with Crippen molar-refractivity contribution in [3.63, 3.8) is 0 Å². The summed E-state index contributed by atoms with van der Waals surface area (Å²) in [5.41, 5.74) is 1.60. The largest absolute Gasteiger partial charge is 0.496 e. The second-order valence-electron chi connectivity index (χ2n) is 7.17. The Morgan fingerprint density at radius 2 is 2.13 bits per heavy atom. The maximum Gasteiger partial charge on any atom is 0.193 e. The van der Waals surface area contributed by atoms with Gasteiger partial charge in [-0.3, -0.25) is 4.99 Å². The van der Waals surface area contributed by atoms with Gasteiger partial charge in [-0.2, -0.15) is 0 Å². The fourth-order valence-electron chi connectivity index (χ4n) is 3.11. The Balaban J connectivity index is 2.08. The average Bonchev–Trinajstić information content (AvgIpc) is 2.91. The molecule has 128 valence electrons. The first kappa shape index (κ1) is 17.6. The molecule has 0 aliphatic carbocycles. The molecule has 1 fully saturated rings. The normalized spacial score (nSPS) is 18.8. The monoisotopic (exact) mass is 317 g/mol. The summed E-state index contributed by atoms with van der Waals surface area (Å²) in [6, 6.07) is 8.22. The summed E-state index contributed by atoms with van der Waals surface area (Å²) in [4.78, 5) is 7.28. The fraction of sp³-hybridized carbons (Fsp3) is 0.632. The number of ether oxygens (including phenoxy) is 1. The zero-order chi connectivity index (χ0) is 16.9. The smallest absolute Gasteiger partial charge is 0.193 e. The summed E-state index contributed by atoms with van der Waals surface area (Å²) in [5.74, 6) is 2.32. The van der Waals surface area contributed by atoms with Gasteiger partial charge in [-0.1, -0.05) is 39.0 Å². The molecule has 1 aromatic carbocycles. The van der Waals surface area contributed by atoms with Crippen LogP contribution in [0.4, 0.5) is 0 Å². The second kappa shape index (κ2) is 7.71. The zero-order valence-electron chi connectivity index (χ0n) is 15.2. The molecule has 1 heterocycles. The van der Waals surface area contributed by atoms with Crippen molar-refractivity contribution in [3.05, 3.63) is 29.8 Å². The summed E-state index contributed by atoms with van der Waals surface area (Å²) in [5, 5.41) is 3.44. The molecule has 0 spiro atoms. The molecular weight excluding hydrogens is 286 g/mol. The van der Waals surface area contributed by atoms with Crippen LogP contribution in [0.15, 0.2) is 29.3 Å². The zero-order valence-corrected chi connectivity index (χ0v) is 15.2. The summed E-state index contributed by atoms with van der Waals surface area (Å²) in [6.07, 6.45) is 1.22. The molecule has 1 aliphatic heterocycles. The molecule has 0 bridgehead atoms. The summed E-state index contributed by atoms with van der Waals surface area (Å²) < 4.78 is 5.47. The van der Waals surface area contributed by atoms with Gasteiger partial charge in [0.2, 0.25) is 0 Å². The van der Waals surface area contributed by atoms with Crippen LogP contribution in [0.25, 0.3) is 0 Å². The van der Waals surface area contributed by atoms with Crippen molar-refractivity contribution >= 4 is 5.96 Å². The first-order valence-electron chi connectivity index (χ1n) is 8.63. The molecule has 1 saturated heterocycles. The van der Waals surface area contributed by atoms with Crippen LogP contribution < -0.4 is 10.1 Å². The lowest BCUT2D eigenvalue weighted by Gasteiger charge is -2.24. The fourth-order valence-corrected chi connectivity index (χ4v) is 3.11. The van der Waals surface area contributed by atoms with Gasteiger partial charge in [0.25, 0.3) is 0 Å². The Labute approximate surface area is 140 Å². The quantitative estimate of drug-likeness (QED) is 0.667. The van der Waals surface area contributed by atoms with E-state index in [4.69, 9.17) is 9.73 Å². The van der Waals surface area contributed by atoms with Crippen molar-refractivity contribution < 1.29 is 4.74 Å². The van der Waals surface area contributed by atoms with Crippen LogP contribution in [0.5, 0.6) is 5.75 Å². The lowest BCUT2D eigenvalue weighted by Crippen LogP contribution is -2.41. The highest BCUT2D eigenvalue weighted by atomic mass is 16.5. The Morgan fingerprint density at radius 1 is 1.39 bits per heavy atom. The van der Waals surface area contributed by atoms with Crippen molar-refractivity contribution in [1.29, 1.82) is 0 Å². The van der Waals surface area contributed by atoms with E-state index in [0.717, 1.165) is 37.9 Å². The van der Waals surface area contributed by atoms with E-state index in [-0.39, 0.29) is 0 Å². The van der Waals surface area contributed by atoms with Crippen molar-refractivity contribution in [2.24, 2.45) is 10.4 Å². The predicted molar refractivity (Wildman–Crippen MR) is 97.4 cm³/mol. The number of aliphatic imine (C=N–C) groups is 1. The minimum Gasteiger partial charge on any atom is -0.496 e. The maximum atomic E-state index is 5.47. The Morgan fingerprint density at radius 3 is 2.74 bits per heavy atom. The first-order valence-corrected chi connectivity index (χ1v) is 8.63. The number of methoxy groups -OCH3 is 1. The van der Waals surface area contributed by atoms with Crippen LogP contribution in [0, 0.1) is 5.41 Å². The Kier molecular flexibility index (Phi) is 5.91. The van der Waals surface area contributed by atoms with Crippen LogP contribution in [0.3, 0.4) is 0 Å². The van der Waals surface area contributed by atoms with E-state index in [0.29, 0.717) is 11.3 Å². The molecular formula is C19H31N3O. The molecule has 1 atom stereocenters. The van der Waals surface area contributed by atoms with E-state index < -0.39 is 0 Å². The standard InChI is InChI=1S/C19H31N3O/c1-6-20-18(22-12-11-19(3,4)14-22)21-13-15(2)16-9-7-8-10-17(16)23-5/h7-10,15H,6,11-14H2,1-5H3,(H,20,21). The number of nitrogens with zero attached hydrogens (tertiary/aromatic N) is 2. The third-order valence-electron chi connectivity index (χ3n) is 4.50. The van der Waals surface area contributed by atoms with Crippen LogP contribution in [0.2, 0.25) is 0 Å². The topological polar surface area (TPSA) is 36.9 Å². The number of likely N-dealkylation sites (tertiary alicyclic amines) is 1. The van der Waals surface area contributed by atoms with Crippen molar-refractivity contribution in [1.82, 2.24) is 10.2 Å². The van der Waals surface area contributed by atoms with Crippen LogP contribution in [0.1, 0.15) is 45.6 Å². The average molecular weight is 317 g/mol. The lowest BCUT2D eigenvalue weighted by atomic mass is 9.93. The molecule has 4 heteroatoms. The van der Waals surface area contributed by atoms with Gasteiger partial charge >= 0.3 is 0 Å². The SMILES string of the molecule is CCNC(=NCC(C)c1ccccc1OC)N1CCC(C)(C)C1.